The van der Waals surface area contributed by atoms with Crippen LogP contribution in [0.2, 0.25) is 0 Å². The van der Waals surface area contributed by atoms with Gasteiger partial charge in [-0.1, -0.05) is 194 Å². The molecule has 0 saturated heterocycles. The van der Waals surface area contributed by atoms with E-state index in [1.807, 2.05) is 48.5 Å². The number of hydrogen-bond acceptors (Lipinski definition) is 1. The van der Waals surface area contributed by atoms with Crippen molar-refractivity contribution in [3.63, 3.8) is 0 Å². The van der Waals surface area contributed by atoms with Crippen LogP contribution in [0.15, 0.2) is 222 Å². The van der Waals surface area contributed by atoms with Crippen LogP contribution in [0.3, 0.4) is 0 Å². The lowest BCUT2D eigenvalue weighted by molar-refractivity contribution is 0.763. The lowest BCUT2D eigenvalue weighted by Gasteiger charge is -2.35. The second-order valence-electron chi connectivity index (χ2n) is 14.8. The lowest BCUT2D eigenvalue weighted by atomic mass is 9.66. The molecule has 0 fully saturated rings. The second kappa shape index (κ2) is 15.6. The van der Waals surface area contributed by atoms with Gasteiger partial charge in [-0.25, -0.2) is 4.99 Å². The molecule has 7 aromatic carbocycles. The smallest absolute Gasteiger partial charge is 0.157 e. The van der Waals surface area contributed by atoms with E-state index in [-0.39, 0.29) is 0 Å². The van der Waals surface area contributed by atoms with Gasteiger partial charge in [0.2, 0.25) is 0 Å². The Morgan fingerprint density at radius 3 is 2.02 bits per heavy atom. The molecule has 3 heteroatoms. The predicted molar refractivity (Wildman–Crippen MR) is 239 cm³/mol. The number of allylic oxidation sites excluding steroid dienone is 6. The number of fused-ring (bicyclic) bond motifs is 3. The summed E-state index contributed by atoms with van der Waals surface area (Å²) >= 11 is 0. The molecule has 0 spiro atoms. The van der Waals surface area contributed by atoms with Crippen LogP contribution in [0.1, 0.15) is 45.4 Å². The van der Waals surface area contributed by atoms with Gasteiger partial charge in [-0.2, -0.15) is 0 Å². The summed E-state index contributed by atoms with van der Waals surface area (Å²) in [7, 11) is 0. The van der Waals surface area contributed by atoms with Crippen LogP contribution in [-0.2, 0) is 12.0 Å². The Hall–Kier alpha value is -7.10. The molecule has 1 unspecified atom stereocenters. The molecule has 0 aromatic heterocycles. The van der Waals surface area contributed by atoms with Crippen LogP contribution in [-0.4, -0.2) is 11.7 Å². The van der Waals surface area contributed by atoms with Crippen molar-refractivity contribution >= 4 is 11.7 Å². The number of aliphatic imine (C=N–C) groups is 2. The zero-order valence-electron chi connectivity index (χ0n) is 32.0. The fraction of sp³-hybridized carbons (Fsp3) is 0.0741. The molecular formula is C54H43N3. The molecule has 2 aliphatic rings. The third kappa shape index (κ3) is 6.89. The van der Waals surface area contributed by atoms with E-state index in [1.54, 1.807) is 0 Å². The number of hydrogen-bond donors (Lipinski definition) is 1. The van der Waals surface area contributed by atoms with Crippen LogP contribution in [0.25, 0.3) is 33.4 Å². The molecule has 7 aromatic rings. The number of nitrogens with two attached hydrogens (primary N) is 1. The highest BCUT2D eigenvalue weighted by Crippen LogP contribution is 2.57. The Morgan fingerprint density at radius 1 is 0.579 bits per heavy atom. The quantitative estimate of drug-likeness (QED) is 0.123. The summed E-state index contributed by atoms with van der Waals surface area (Å²) in [5, 5.41) is 0. The first-order valence-electron chi connectivity index (χ1n) is 19.6. The molecule has 0 bridgehead atoms. The Morgan fingerprint density at radius 2 is 1.23 bits per heavy atom. The summed E-state index contributed by atoms with van der Waals surface area (Å²) < 4.78 is 0. The summed E-state index contributed by atoms with van der Waals surface area (Å²) in [6.45, 7) is 2.66. The van der Waals surface area contributed by atoms with Crippen molar-refractivity contribution in [2.75, 3.05) is 0 Å². The molecular weight excluding hydrogens is 691 g/mol. The number of benzene rings is 7. The highest BCUT2D eigenvalue weighted by Gasteiger charge is 2.46. The van der Waals surface area contributed by atoms with Crippen molar-refractivity contribution in [2.24, 2.45) is 15.7 Å². The molecule has 0 aliphatic heterocycles. The van der Waals surface area contributed by atoms with Gasteiger partial charge in [0.1, 0.15) is 5.84 Å². The second-order valence-corrected chi connectivity index (χ2v) is 14.8. The van der Waals surface area contributed by atoms with Gasteiger partial charge in [0.05, 0.1) is 12.0 Å². The molecule has 57 heavy (non-hydrogen) atoms. The largest absolute Gasteiger partial charge is 0.383 e. The van der Waals surface area contributed by atoms with Crippen LogP contribution < -0.4 is 5.73 Å². The molecule has 1 atom stereocenters. The van der Waals surface area contributed by atoms with Crippen molar-refractivity contribution in [1.29, 1.82) is 0 Å². The molecule has 3 nitrogen and oxygen atoms in total. The van der Waals surface area contributed by atoms with Gasteiger partial charge in [-0.05, 0) is 92.8 Å². The summed E-state index contributed by atoms with van der Waals surface area (Å²) in [6.07, 6.45) is 12.2. The highest BCUT2D eigenvalue weighted by molar-refractivity contribution is 6.11. The third-order valence-electron chi connectivity index (χ3n) is 11.2. The number of nitrogens with zero attached hydrogens (tertiary/aromatic N) is 2. The van der Waals surface area contributed by atoms with Crippen molar-refractivity contribution in [3.05, 3.63) is 251 Å². The third-order valence-corrected chi connectivity index (χ3v) is 11.2. The van der Waals surface area contributed by atoms with Crippen molar-refractivity contribution in [3.8, 4) is 33.4 Å². The van der Waals surface area contributed by atoms with E-state index in [9.17, 15) is 0 Å². The minimum atomic E-state index is -0.457. The highest BCUT2D eigenvalue weighted by atomic mass is 15.0. The molecule has 9 rings (SSSR count). The Labute approximate surface area is 335 Å². The molecule has 274 valence electrons. The van der Waals surface area contributed by atoms with E-state index >= 15 is 0 Å². The Bertz CT molecular complexity index is 2730. The standard InChI is InChI=1S/C54H43N3/c1-38-28-31-47(32-29-38)54(46-24-10-2-3-11-25-46)50-27-13-12-26-48(50)49-33-30-44(36-51(49)54)42-21-14-20-41(34-42)43-22-15-23-45(35-43)53(56-37-39-16-6-4-7-17-39)57-52(55)40-18-8-5-9-19-40/h2-10,12-36H,11,37H2,1H3,(H2,55,56,57). The van der Waals surface area contributed by atoms with Crippen LogP contribution in [0.4, 0.5) is 0 Å². The van der Waals surface area contributed by atoms with Crippen molar-refractivity contribution in [2.45, 2.75) is 25.3 Å². The average molecular weight is 734 g/mol. The van der Waals surface area contributed by atoms with E-state index in [2.05, 4.69) is 165 Å². The number of aryl methyl sites for hydroxylation is 1. The van der Waals surface area contributed by atoms with Gasteiger partial charge < -0.3 is 5.73 Å². The van der Waals surface area contributed by atoms with E-state index in [1.165, 1.54) is 44.5 Å². The molecule has 2 N–H and O–H groups in total. The molecule has 0 saturated carbocycles. The van der Waals surface area contributed by atoms with Gasteiger partial charge in [0.15, 0.2) is 5.84 Å². The van der Waals surface area contributed by atoms with Gasteiger partial charge in [0, 0.05) is 11.1 Å². The SMILES string of the molecule is Cc1ccc(C2(C3=CCC=CC=C3)c3ccccc3-c3ccc(-c4cccc(-c5cccc(C(N=C(N)c6ccccc6)=NCc6ccccc6)c5)c4)cc32)cc1. The van der Waals surface area contributed by atoms with Crippen LogP contribution >= 0.6 is 0 Å². The van der Waals surface area contributed by atoms with E-state index < -0.39 is 5.41 Å². The number of rotatable bonds is 8. The maximum Gasteiger partial charge on any atom is 0.157 e. The van der Waals surface area contributed by atoms with Gasteiger partial charge in [0.25, 0.3) is 0 Å². The normalized spacial score (nSPS) is 16.1. The lowest BCUT2D eigenvalue weighted by Crippen LogP contribution is -2.29. The average Bonchev–Trinajstić information content (AvgIpc) is 3.37. The Balaban J connectivity index is 1.14. The van der Waals surface area contributed by atoms with E-state index in [0.29, 0.717) is 18.2 Å². The summed E-state index contributed by atoms with van der Waals surface area (Å²) in [6, 6.07) is 62.6. The van der Waals surface area contributed by atoms with E-state index in [0.717, 1.165) is 39.8 Å². The summed E-state index contributed by atoms with van der Waals surface area (Å²) in [5.74, 6) is 1.03. The Kier molecular flexibility index (Phi) is 9.72. The minimum absolute atomic E-state index is 0.432. The zero-order valence-corrected chi connectivity index (χ0v) is 32.0. The maximum absolute atomic E-state index is 6.58. The fourth-order valence-electron chi connectivity index (χ4n) is 8.35. The van der Waals surface area contributed by atoms with Crippen LogP contribution in [0, 0.1) is 6.92 Å². The molecule has 0 radical (unpaired) electrons. The minimum Gasteiger partial charge on any atom is -0.383 e. The molecule has 2 aliphatic carbocycles. The monoisotopic (exact) mass is 733 g/mol. The molecule has 0 amide bonds. The van der Waals surface area contributed by atoms with Crippen LogP contribution in [0.5, 0.6) is 0 Å². The maximum atomic E-state index is 6.58. The van der Waals surface area contributed by atoms with Gasteiger partial charge in [-0.3, -0.25) is 4.99 Å². The fourth-order valence-corrected chi connectivity index (χ4v) is 8.35. The van der Waals surface area contributed by atoms with Gasteiger partial charge in [-0.15, -0.1) is 0 Å². The predicted octanol–water partition coefficient (Wildman–Crippen LogP) is 12.4. The number of amidine groups is 2. The topological polar surface area (TPSA) is 50.7 Å². The van der Waals surface area contributed by atoms with Crippen molar-refractivity contribution < 1.29 is 0 Å². The first kappa shape index (κ1) is 35.6. The molecule has 0 heterocycles. The first-order chi connectivity index (χ1) is 28.1. The first-order valence-corrected chi connectivity index (χ1v) is 19.6. The summed E-state index contributed by atoms with van der Waals surface area (Å²) in [4.78, 5) is 9.90. The van der Waals surface area contributed by atoms with E-state index in [4.69, 9.17) is 15.7 Å². The van der Waals surface area contributed by atoms with Gasteiger partial charge >= 0.3 is 0 Å². The zero-order chi connectivity index (χ0) is 38.6. The van der Waals surface area contributed by atoms with Crippen molar-refractivity contribution in [1.82, 2.24) is 0 Å². The summed E-state index contributed by atoms with van der Waals surface area (Å²) in [5.41, 5.74) is 22.6.